The average Bonchev–Trinajstić information content (AvgIpc) is 2.17. The fraction of sp³-hybridized carbons (Fsp3) is 0.182. The Kier molecular flexibility index (Phi) is 2.85. The molecule has 0 fully saturated rings. The standard InChI is InChI=1S/C11H12O2/c1-4-9-6-5-8(2)10(7-9)11(12)13-3/h4-7H,1H2,2-3H3. The first-order valence-corrected chi connectivity index (χ1v) is 4.00. The third kappa shape index (κ3) is 1.96. The van der Waals surface area contributed by atoms with Crippen molar-refractivity contribution in [2.45, 2.75) is 6.92 Å². The van der Waals surface area contributed by atoms with Crippen molar-refractivity contribution in [3.63, 3.8) is 0 Å². The monoisotopic (exact) mass is 176 g/mol. The zero-order chi connectivity index (χ0) is 9.84. The summed E-state index contributed by atoms with van der Waals surface area (Å²) in [6.07, 6.45) is 1.70. The first-order valence-electron chi connectivity index (χ1n) is 4.00. The van der Waals surface area contributed by atoms with Crippen molar-refractivity contribution in [2.24, 2.45) is 0 Å². The molecule has 1 rings (SSSR count). The Hall–Kier alpha value is -1.57. The molecule has 0 aliphatic rings. The van der Waals surface area contributed by atoms with Crippen LogP contribution in [0, 0.1) is 6.92 Å². The van der Waals surface area contributed by atoms with Crippen molar-refractivity contribution in [3.8, 4) is 0 Å². The van der Waals surface area contributed by atoms with Gasteiger partial charge in [-0.2, -0.15) is 0 Å². The summed E-state index contributed by atoms with van der Waals surface area (Å²) in [5, 5.41) is 0. The van der Waals surface area contributed by atoms with E-state index in [0.29, 0.717) is 5.56 Å². The van der Waals surface area contributed by atoms with Crippen LogP contribution in [0.2, 0.25) is 0 Å². The maximum Gasteiger partial charge on any atom is 0.338 e. The van der Waals surface area contributed by atoms with Gasteiger partial charge in [0.15, 0.2) is 0 Å². The van der Waals surface area contributed by atoms with Crippen LogP contribution in [0.5, 0.6) is 0 Å². The Bertz CT molecular complexity index is 340. The number of aryl methyl sites for hydroxylation is 1. The summed E-state index contributed by atoms with van der Waals surface area (Å²) >= 11 is 0. The molecule has 0 heterocycles. The van der Waals surface area contributed by atoms with E-state index in [1.54, 1.807) is 12.1 Å². The Labute approximate surface area is 77.8 Å². The maximum atomic E-state index is 11.2. The highest BCUT2D eigenvalue weighted by Gasteiger charge is 2.08. The molecule has 0 saturated carbocycles. The lowest BCUT2D eigenvalue weighted by atomic mass is 10.1. The Morgan fingerprint density at radius 3 is 2.77 bits per heavy atom. The van der Waals surface area contributed by atoms with Gasteiger partial charge in [0.1, 0.15) is 0 Å². The van der Waals surface area contributed by atoms with E-state index in [-0.39, 0.29) is 5.97 Å². The quantitative estimate of drug-likeness (QED) is 0.647. The topological polar surface area (TPSA) is 26.3 Å². The van der Waals surface area contributed by atoms with Crippen LogP contribution in [0.1, 0.15) is 21.5 Å². The predicted molar refractivity (Wildman–Crippen MR) is 52.6 cm³/mol. The minimum atomic E-state index is -0.304. The van der Waals surface area contributed by atoms with Crippen LogP contribution < -0.4 is 0 Å². The first-order chi connectivity index (χ1) is 6.19. The summed E-state index contributed by atoms with van der Waals surface area (Å²) in [5.41, 5.74) is 2.43. The smallest absolute Gasteiger partial charge is 0.338 e. The van der Waals surface area contributed by atoms with Crippen molar-refractivity contribution < 1.29 is 9.53 Å². The largest absolute Gasteiger partial charge is 0.465 e. The van der Waals surface area contributed by atoms with Crippen molar-refractivity contribution in [2.75, 3.05) is 7.11 Å². The zero-order valence-corrected chi connectivity index (χ0v) is 7.83. The van der Waals surface area contributed by atoms with E-state index in [9.17, 15) is 4.79 Å². The fourth-order valence-electron chi connectivity index (χ4n) is 1.10. The molecule has 0 spiro atoms. The zero-order valence-electron chi connectivity index (χ0n) is 7.83. The van der Waals surface area contributed by atoms with Crippen LogP contribution in [0.25, 0.3) is 6.08 Å². The van der Waals surface area contributed by atoms with Gasteiger partial charge < -0.3 is 4.74 Å². The predicted octanol–water partition coefficient (Wildman–Crippen LogP) is 2.42. The van der Waals surface area contributed by atoms with E-state index in [2.05, 4.69) is 11.3 Å². The van der Waals surface area contributed by atoms with Gasteiger partial charge >= 0.3 is 5.97 Å². The van der Waals surface area contributed by atoms with Gasteiger partial charge in [0, 0.05) is 0 Å². The van der Waals surface area contributed by atoms with Gasteiger partial charge in [-0.3, -0.25) is 0 Å². The molecule has 0 aromatic heterocycles. The molecule has 0 aliphatic carbocycles. The summed E-state index contributed by atoms with van der Waals surface area (Å²) in [4.78, 5) is 11.2. The molecule has 0 saturated heterocycles. The number of carbonyl (C=O) groups is 1. The van der Waals surface area contributed by atoms with Crippen LogP contribution in [0.15, 0.2) is 24.8 Å². The lowest BCUT2D eigenvalue weighted by molar-refractivity contribution is 0.0600. The molecule has 0 atom stereocenters. The molecule has 0 unspecified atom stereocenters. The first kappa shape index (κ1) is 9.52. The molecule has 0 aliphatic heterocycles. The van der Waals surface area contributed by atoms with Crippen LogP contribution >= 0.6 is 0 Å². The third-order valence-electron chi connectivity index (χ3n) is 1.90. The number of esters is 1. The van der Waals surface area contributed by atoms with Gasteiger partial charge in [-0.05, 0) is 24.1 Å². The molecular formula is C11H12O2. The minimum Gasteiger partial charge on any atom is -0.465 e. The lowest BCUT2D eigenvalue weighted by Crippen LogP contribution is -2.03. The van der Waals surface area contributed by atoms with Crippen molar-refractivity contribution in [1.82, 2.24) is 0 Å². The van der Waals surface area contributed by atoms with Crippen molar-refractivity contribution in [1.29, 1.82) is 0 Å². The molecular weight excluding hydrogens is 164 g/mol. The second kappa shape index (κ2) is 3.90. The Balaban J connectivity index is 3.18. The van der Waals surface area contributed by atoms with Gasteiger partial charge in [0.05, 0.1) is 12.7 Å². The molecule has 0 amide bonds. The van der Waals surface area contributed by atoms with Gasteiger partial charge in [-0.25, -0.2) is 4.79 Å². The fourth-order valence-corrected chi connectivity index (χ4v) is 1.10. The summed E-state index contributed by atoms with van der Waals surface area (Å²) in [5.74, 6) is -0.304. The summed E-state index contributed by atoms with van der Waals surface area (Å²) in [7, 11) is 1.38. The maximum absolute atomic E-state index is 11.2. The summed E-state index contributed by atoms with van der Waals surface area (Å²) in [6.45, 7) is 5.51. The highest BCUT2D eigenvalue weighted by Crippen LogP contribution is 2.12. The number of benzene rings is 1. The van der Waals surface area contributed by atoms with E-state index in [1.165, 1.54) is 7.11 Å². The Morgan fingerprint density at radius 1 is 1.54 bits per heavy atom. The number of ether oxygens (including phenoxy) is 1. The second-order valence-corrected chi connectivity index (χ2v) is 2.77. The van der Waals surface area contributed by atoms with Crippen molar-refractivity contribution >= 4 is 12.0 Å². The van der Waals surface area contributed by atoms with E-state index < -0.39 is 0 Å². The normalized spacial score (nSPS) is 9.38. The number of hydrogen-bond acceptors (Lipinski definition) is 2. The SMILES string of the molecule is C=Cc1ccc(C)c(C(=O)OC)c1. The number of methoxy groups -OCH3 is 1. The van der Waals surface area contributed by atoms with Crippen LogP contribution in [-0.4, -0.2) is 13.1 Å². The van der Waals surface area contributed by atoms with Gasteiger partial charge in [0.25, 0.3) is 0 Å². The third-order valence-corrected chi connectivity index (χ3v) is 1.90. The number of carbonyl (C=O) groups excluding carboxylic acids is 1. The Morgan fingerprint density at radius 2 is 2.23 bits per heavy atom. The highest BCUT2D eigenvalue weighted by atomic mass is 16.5. The summed E-state index contributed by atoms with van der Waals surface area (Å²) < 4.78 is 4.64. The van der Waals surface area contributed by atoms with E-state index in [1.807, 2.05) is 19.1 Å². The number of rotatable bonds is 2. The van der Waals surface area contributed by atoms with Crippen LogP contribution in [0.3, 0.4) is 0 Å². The van der Waals surface area contributed by atoms with E-state index >= 15 is 0 Å². The van der Waals surface area contributed by atoms with E-state index in [0.717, 1.165) is 11.1 Å². The van der Waals surface area contributed by atoms with Gasteiger partial charge in [0.2, 0.25) is 0 Å². The molecule has 13 heavy (non-hydrogen) atoms. The molecule has 0 radical (unpaired) electrons. The highest BCUT2D eigenvalue weighted by molar-refractivity contribution is 5.91. The molecule has 68 valence electrons. The molecule has 1 aromatic rings. The van der Waals surface area contributed by atoms with Crippen LogP contribution in [-0.2, 0) is 4.74 Å². The minimum absolute atomic E-state index is 0.304. The second-order valence-electron chi connectivity index (χ2n) is 2.77. The molecule has 0 N–H and O–H groups in total. The summed E-state index contributed by atoms with van der Waals surface area (Å²) in [6, 6.07) is 5.56. The van der Waals surface area contributed by atoms with Gasteiger partial charge in [-0.15, -0.1) is 0 Å². The molecule has 2 heteroatoms. The number of hydrogen-bond donors (Lipinski definition) is 0. The molecule has 1 aromatic carbocycles. The molecule has 0 bridgehead atoms. The lowest BCUT2D eigenvalue weighted by Gasteiger charge is -2.04. The van der Waals surface area contributed by atoms with Crippen LogP contribution in [0.4, 0.5) is 0 Å². The average molecular weight is 176 g/mol. The van der Waals surface area contributed by atoms with Crippen molar-refractivity contribution in [3.05, 3.63) is 41.5 Å². The molecule has 2 nitrogen and oxygen atoms in total. The van der Waals surface area contributed by atoms with E-state index in [4.69, 9.17) is 0 Å². The van der Waals surface area contributed by atoms with Gasteiger partial charge in [-0.1, -0.05) is 24.8 Å².